The van der Waals surface area contributed by atoms with Crippen LogP contribution in [0.3, 0.4) is 0 Å². The molecular formula is C15H24N2O3S. The summed E-state index contributed by atoms with van der Waals surface area (Å²) in [5, 5.41) is 3.14. The van der Waals surface area contributed by atoms with E-state index in [0.717, 1.165) is 32.2 Å². The van der Waals surface area contributed by atoms with Crippen molar-refractivity contribution in [2.75, 3.05) is 19.7 Å². The van der Waals surface area contributed by atoms with E-state index in [1.807, 2.05) is 0 Å². The van der Waals surface area contributed by atoms with Crippen LogP contribution in [-0.2, 0) is 10.0 Å². The molecule has 0 amide bonds. The van der Waals surface area contributed by atoms with Crippen molar-refractivity contribution < 1.29 is 13.2 Å². The molecule has 21 heavy (non-hydrogen) atoms. The summed E-state index contributed by atoms with van der Waals surface area (Å²) in [7, 11) is -3.44. The molecule has 6 heteroatoms. The van der Waals surface area contributed by atoms with Crippen molar-refractivity contribution in [1.82, 2.24) is 10.0 Å². The van der Waals surface area contributed by atoms with Gasteiger partial charge in [-0.15, -0.1) is 0 Å². The van der Waals surface area contributed by atoms with E-state index in [-0.39, 0.29) is 10.9 Å². The van der Waals surface area contributed by atoms with Crippen LogP contribution in [0.2, 0.25) is 0 Å². The van der Waals surface area contributed by atoms with Gasteiger partial charge in [0.2, 0.25) is 10.0 Å². The van der Waals surface area contributed by atoms with E-state index >= 15 is 0 Å². The third-order valence-electron chi connectivity index (χ3n) is 3.53. The maximum atomic E-state index is 12.2. The molecule has 2 N–H and O–H groups in total. The Balaban J connectivity index is 1.90. The summed E-state index contributed by atoms with van der Waals surface area (Å²) in [6.07, 6.45) is 4.15. The molecule has 0 bridgehead atoms. The largest absolute Gasteiger partial charge is 0.494 e. The van der Waals surface area contributed by atoms with Gasteiger partial charge in [0.25, 0.3) is 0 Å². The van der Waals surface area contributed by atoms with Crippen molar-refractivity contribution >= 4 is 10.0 Å². The molecule has 0 aromatic heterocycles. The van der Waals surface area contributed by atoms with Gasteiger partial charge in [-0.05, 0) is 43.7 Å². The fraction of sp³-hybridized carbons (Fsp3) is 0.600. The van der Waals surface area contributed by atoms with Gasteiger partial charge in [0, 0.05) is 12.6 Å². The van der Waals surface area contributed by atoms with Crippen LogP contribution in [0.5, 0.6) is 5.75 Å². The predicted octanol–water partition coefficient (Wildman–Crippen LogP) is 1.90. The second-order valence-corrected chi connectivity index (χ2v) is 7.05. The highest BCUT2D eigenvalue weighted by atomic mass is 32.2. The molecular weight excluding hydrogens is 288 g/mol. The van der Waals surface area contributed by atoms with Gasteiger partial charge in [-0.2, -0.15) is 0 Å². The van der Waals surface area contributed by atoms with Crippen LogP contribution < -0.4 is 14.8 Å². The summed E-state index contributed by atoms with van der Waals surface area (Å²) < 4.78 is 32.7. The quantitative estimate of drug-likeness (QED) is 0.720. The molecule has 1 aromatic carbocycles. The minimum Gasteiger partial charge on any atom is -0.494 e. The molecule has 1 unspecified atom stereocenters. The lowest BCUT2D eigenvalue weighted by Gasteiger charge is -2.12. The lowest BCUT2D eigenvalue weighted by Crippen LogP contribution is -2.36. The molecule has 1 aromatic rings. The van der Waals surface area contributed by atoms with Gasteiger partial charge in [-0.3, -0.25) is 0 Å². The number of hydrogen-bond acceptors (Lipinski definition) is 4. The maximum absolute atomic E-state index is 12.2. The number of ether oxygens (including phenoxy) is 1. The molecule has 5 nitrogen and oxygen atoms in total. The van der Waals surface area contributed by atoms with Crippen LogP contribution in [0.1, 0.15) is 32.6 Å². The Hall–Kier alpha value is -1.11. The lowest BCUT2D eigenvalue weighted by atomic mass is 10.3. The minimum absolute atomic E-state index is 0.0139. The molecule has 1 saturated heterocycles. The first-order valence-corrected chi connectivity index (χ1v) is 9.06. The van der Waals surface area contributed by atoms with Crippen molar-refractivity contribution in [2.45, 2.75) is 43.5 Å². The van der Waals surface area contributed by atoms with E-state index in [4.69, 9.17) is 4.74 Å². The summed E-state index contributed by atoms with van der Waals surface area (Å²) in [5.74, 6) is 0.715. The van der Waals surface area contributed by atoms with Gasteiger partial charge in [-0.1, -0.05) is 19.8 Å². The third-order valence-corrected chi connectivity index (χ3v) is 5.07. The molecule has 1 heterocycles. The molecule has 0 aliphatic carbocycles. The summed E-state index contributed by atoms with van der Waals surface area (Å²) in [6.45, 7) is 4.37. The van der Waals surface area contributed by atoms with Gasteiger partial charge >= 0.3 is 0 Å². The third kappa shape index (κ3) is 4.98. The summed E-state index contributed by atoms with van der Waals surface area (Å²) in [6, 6.07) is 6.61. The monoisotopic (exact) mass is 312 g/mol. The zero-order valence-corrected chi connectivity index (χ0v) is 13.3. The van der Waals surface area contributed by atoms with Gasteiger partial charge in [0.05, 0.1) is 11.5 Å². The molecule has 118 valence electrons. The topological polar surface area (TPSA) is 67.4 Å². The second kappa shape index (κ2) is 7.77. The smallest absolute Gasteiger partial charge is 0.240 e. The number of nitrogens with one attached hydrogen (secondary N) is 2. The summed E-state index contributed by atoms with van der Waals surface area (Å²) >= 11 is 0. The Labute approximate surface area is 127 Å². The van der Waals surface area contributed by atoms with Crippen LogP contribution in [0.4, 0.5) is 0 Å². The zero-order valence-electron chi connectivity index (χ0n) is 12.5. The number of unbranched alkanes of at least 4 members (excludes halogenated alkanes) is 2. The zero-order chi connectivity index (χ0) is 15.1. The highest BCUT2D eigenvalue weighted by Crippen LogP contribution is 2.17. The van der Waals surface area contributed by atoms with Crippen LogP contribution >= 0.6 is 0 Å². The van der Waals surface area contributed by atoms with Crippen molar-refractivity contribution in [3.8, 4) is 5.75 Å². The molecule has 2 rings (SSSR count). The van der Waals surface area contributed by atoms with Gasteiger partial charge in [0.15, 0.2) is 0 Å². The standard InChI is InChI=1S/C15H24N2O3S/c1-2-3-4-11-20-14-5-7-15(8-6-14)21(18,19)17-13-9-10-16-12-13/h5-8,13,16-17H,2-4,9-12H2,1H3. The lowest BCUT2D eigenvalue weighted by molar-refractivity contribution is 0.306. The molecule has 0 saturated carbocycles. The van der Waals surface area contributed by atoms with Crippen LogP contribution in [0.25, 0.3) is 0 Å². The summed E-state index contributed by atoms with van der Waals surface area (Å²) in [4.78, 5) is 0.287. The van der Waals surface area contributed by atoms with E-state index in [0.29, 0.717) is 18.9 Å². The molecule has 1 fully saturated rings. The van der Waals surface area contributed by atoms with Crippen molar-refractivity contribution in [3.05, 3.63) is 24.3 Å². The van der Waals surface area contributed by atoms with E-state index in [9.17, 15) is 8.42 Å². The van der Waals surface area contributed by atoms with Gasteiger partial charge in [0.1, 0.15) is 5.75 Å². The average Bonchev–Trinajstić information content (AvgIpc) is 2.96. The van der Waals surface area contributed by atoms with E-state index in [1.54, 1.807) is 24.3 Å². The highest BCUT2D eigenvalue weighted by molar-refractivity contribution is 7.89. The number of hydrogen-bond donors (Lipinski definition) is 2. The number of rotatable bonds is 8. The fourth-order valence-electron chi connectivity index (χ4n) is 2.30. The molecule has 1 atom stereocenters. The molecule has 1 aliphatic rings. The van der Waals surface area contributed by atoms with E-state index in [2.05, 4.69) is 17.0 Å². The highest BCUT2D eigenvalue weighted by Gasteiger charge is 2.22. The second-order valence-electron chi connectivity index (χ2n) is 5.34. The van der Waals surface area contributed by atoms with Crippen LogP contribution in [-0.4, -0.2) is 34.2 Å². The number of benzene rings is 1. The Morgan fingerprint density at radius 2 is 2.05 bits per heavy atom. The normalized spacial score (nSPS) is 18.8. The van der Waals surface area contributed by atoms with Crippen molar-refractivity contribution in [2.24, 2.45) is 0 Å². The van der Waals surface area contributed by atoms with Crippen molar-refractivity contribution in [3.63, 3.8) is 0 Å². The first kappa shape index (κ1) is 16.3. The summed E-state index contributed by atoms with van der Waals surface area (Å²) in [5.41, 5.74) is 0. The van der Waals surface area contributed by atoms with E-state index in [1.165, 1.54) is 0 Å². The van der Waals surface area contributed by atoms with Crippen molar-refractivity contribution in [1.29, 1.82) is 0 Å². The molecule has 1 aliphatic heterocycles. The Kier molecular flexibility index (Phi) is 6.02. The number of sulfonamides is 1. The molecule has 0 spiro atoms. The SMILES string of the molecule is CCCCCOc1ccc(S(=O)(=O)NC2CCNC2)cc1. The van der Waals surface area contributed by atoms with E-state index < -0.39 is 10.0 Å². The Morgan fingerprint density at radius 1 is 1.29 bits per heavy atom. The maximum Gasteiger partial charge on any atom is 0.240 e. The van der Waals surface area contributed by atoms with Crippen LogP contribution in [0, 0.1) is 0 Å². The Morgan fingerprint density at radius 3 is 2.67 bits per heavy atom. The first-order chi connectivity index (χ1) is 10.1. The first-order valence-electron chi connectivity index (χ1n) is 7.58. The van der Waals surface area contributed by atoms with Crippen LogP contribution in [0.15, 0.2) is 29.2 Å². The molecule has 0 radical (unpaired) electrons. The predicted molar refractivity (Wildman–Crippen MR) is 83.1 cm³/mol. The van der Waals surface area contributed by atoms with Gasteiger partial charge in [-0.25, -0.2) is 13.1 Å². The minimum atomic E-state index is -3.44. The fourth-order valence-corrected chi connectivity index (χ4v) is 3.57. The van der Waals surface area contributed by atoms with Gasteiger partial charge < -0.3 is 10.1 Å². The Bertz CT molecular complexity index is 522. The average molecular weight is 312 g/mol.